The van der Waals surface area contributed by atoms with Gasteiger partial charge in [0.2, 0.25) is 0 Å². The van der Waals surface area contributed by atoms with Gasteiger partial charge in [0.05, 0.1) is 5.56 Å². The van der Waals surface area contributed by atoms with E-state index >= 15 is 0 Å². The van der Waals surface area contributed by atoms with Gasteiger partial charge in [-0.2, -0.15) is 0 Å². The van der Waals surface area contributed by atoms with Crippen LogP contribution in [0.3, 0.4) is 0 Å². The van der Waals surface area contributed by atoms with E-state index in [0.29, 0.717) is 12.1 Å². The van der Waals surface area contributed by atoms with Crippen molar-refractivity contribution < 1.29 is 28.7 Å². The van der Waals surface area contributed by atoms with Crippen LogP contribution in [0.4, 0.5) is 8.78 Å². The highest BCUT2D eigenvalue weighted by Gasteiger charge is 2.24. The number of hydrogen-bond acceptors (Lipinski definition) is 4. The summed E-state index contributed by atoms with van der Waals surface area (Å²) in [5.74, 6) is -4.19. The van der Waals surface area contributed by atoms with Crippen LogP contribution in [0.2, 0.25) is 0 Å². The molecule has 0 saturated heterocycles. The van der Waals surface area contributed by atoms with Crippen molar-refractivity contribution in [3.8, 4) is 5.75 Å². The van der Waals surface area contributed by atoms with Crippen LogP contribution in [-0.4, -0.2) is 28.1 Å². The van der Waals surface area contributed by atoms with E-state index < -0.39 is 35.8 Å². The van der Waals surface area contributed by atoms with Crippen LogP contribution >= 0.6 is 0 Å². The molecule has 20 heavy (non-hydrogen) atoms. The molecular formula is C13H9BF2O4. The fourth-order valence-corrected chi connectivity index (χ4v) is 1.81. The molecule has 0 heterocycles. The maximum absolute atomic E-state index is 13.2. The number of carbonyl (C=O) groups excluding carboxylic acids is 1. The monoisotopic (exact) mass is 278 g/mol. The molecule has 3 N–H and O–H groups in total. The summed E-state index contributed by atoms with van der Waals surface area (Å²) in [6.07, 6.45) is 0. The molecule has 0 aliphatic rings. The highest BCUT2D eigenvalue weighted by molar-refractivity contribution is 6.60. The van der Waals surface area contributed by atoms with Crippen molar-refractivity contribution in [1.82, 2.24) is 0 Å². The molecule has 7 heteroatoms. The van der Waals surface area contributed by atoms with Crippen LogP contribution in [0.5, 0.6) is 5.75 Å². The van der Waals surface area contributed by atoms with Crippen LogP contribution in [0.25, 0.3) is 0 Å². The molecule has 2 aromatic carbocycles. The lowest BCUT2D eigenvalue weighted by Gasteiger charge is -2.09. The van der Waals surface area contributed by atoms with Crippen molar-refractivity contribution in [3.63, 3.8) is 0 Å². The average molecular weight is 278 g/mol. The lowest BCUT2D eigenvalue weighted by atomic mass is 9.75. The van der Waals surface area contributed by atoms with Gasteiger partial charge in [-0.3, -0.25) is 4.79 Å². The van der Waals surface area contributed by atoms with Gasteiger partial charge in [0.1, 0.15) is 5.82 Å². The van der Waals surface area contributed by atoms with Crippen molar-refractivity contribution >= 4 is 18.4 Å². The topological polar surface area (TPSA) is 77.8 Å². The molecule has 0 bridgehead atoms. The maximum Gasteiger partial charge on any atom is 0.489 e. The Morgan fingerprint density at radius 1 is 1.05 bits per heavy atom. The Balaban J connectivity index is 2.58. The molecule has 0 fully saturated rings. The Kier molecular flexibility index (Phi) is 3.83. The van der Waals surface area contributed by atoms with E-state index in [1.807, 2.05) is 0 Å². The minimum absolute atomic E-state index is 0.124. The molecule has 0 aliphatic heterocycles. The summed E-state index contributed by atoms with van der Waals surface area (Å²) in [5.41, 5.74) is -0.875. The predicted octanol–water partition coefficient (Wildman–Crippen LogP) is 0.581. The Morgan fingerprint density at radius 3 is 2.35 bits per heavy atom. The third kappa shape index (κ3) is 2.54. The van der Waals surface area contributed by atoms with Crippen LogP contribution in [0.1, 0.15) is 15.9 Å². The quantitative estimate of drug-likeness (QED) is 0.567. The summed E-state index contributed by atoms with van der Waals surface area (Å²) in [7, 11) is -1.92. The standard InChI is InChI=1S/C13H9BF2O4/c15-7-5-9(13(18)11(16)6-7)12(17)8-3-1-2-4-10(8)14(19)20/h1-6,18-20H. The minimum Gasteiger partial charge on any atom is -0.504 e. The predicted molar refractivity (Wildman–Crippen MR) is 67.7 cm³/mol. The van der Waals surface area contributed by atoms with Crippen molar-refractivity contribution in [2.75, 3.05) is 0 Å². The lowest BCUT2D eigenvalue weighted by molar-refractivity contribution is 0.103. The Morgan fingerprint density at radius 2 is 1.70 bits per heavy atom. The van der Waals surface area contributed by atoms with Gasteiger partial charge in [-0.15, -0.1) is 0 Å². The Bertz CT molecular complexity index is 673. The number of halogens is 2. The van der Waals surface area contributed by atoms with E-state index in [0.717, 1.165) is 0 Å². The number of carbonyl (C=O) groups is 1. The molecule has 0 aromatic heterocycles. The van der Waals surface area contributed by atoms with Crippen LogP contribution in [0.15, 0.2) is 36.4 Å². The smallest absolute Gasteiger partial charge is 0.489 e. The van der Waals surface area contributed by atoms with Gasteiger partial charge in [0.15, 0.2) is 17.3 Å². The number of rotatable bonds is 3. The second kappa shape index (κ2) is 5.40. The highest BCUT2D eigenvalue weighted by atomic mass is 19.1. The Labute approximate surface area is 113 Å². The molecule has 0 amide bonds. The van der Waals surface area contributed by atoms with Gasteiger partial charge in [0, 0.05) is 11.6 Å². The van der Waals surface area contributed by atoms with E-state index in [1.54, 1.807) is 0 Å². The van der Waals surface area contributed by atoms with E-state index in [9.17, 15) is 28.7 Å². The zero-order chi connectivity index (χ0) is 14.9. The molecular weight excluding hydrogens is 269 g/mol. The first kappa shape index (κ1) is 14.2. The van der Waals surface area contributed by atoms with Gasteiger partial charge >= 0.3 is 7.12 Å². The van der Waals surface area contributed by atoms with Crippen LogP contribution in [0, 0.1) is 11.6 Å². The van der Waals surface area contributed by atoms with E-state index in [1.165, 1.54) is 24.3 Å². The molecule has 0 saturated carbocycles. The second-order valence-electron chi connectivity index (χ2n) is 4.07. The van der Waals surface area contributed by atoms with E-state index in [-0.39, 0.29) is 11.0 Å². The van der Waals surface area contributed by atoms with Crippen molar-refractivity contribution in [2.45, 2.75) is 0 Å². The molecule has 0 unspecified atom stereocenters. The molecule has 0 atom stereocenters. The maximum atomic E-state index is 13.2. The third-order valence-corrected chi connectivity index (χ3v) is 2.76. The van der Waals surface area contributed by atoms with Crippen LogP contribution < -0.4 is 5.46 Å². The Hall–Kier alpha value is -2.25. The van der Waals surface area contributed by atoms with Gasteiger partial charge < -0.3 is 15.2 Å². The summed E-state index contributed by atoms with van der Waals surface area (Å²) >= 11 is 0. The number of benzene rings is 2. The molecule has 4 nitrogen and oxygen atoms in total. The van der Waals surface area contributed by atoms with E-state index in [4.69, 9.17) is 0 Å². The summed E-state index contributed by atoms with van der Waals surface area (Å²) in [6.45, 7) is 0. The summed E-state index contributed by atoms with van der Waals surface area (Å²) in [6, 6.07) is 6.59. The highest BCUT2D eigenvalue weighted by Crippen LogP contribution is 2.24. The zero-order valence-electron chi connectivity index (χ0n) is 10.0. The molecule has 2 aromatic rings. The number of phenols is 1. The lowest BCUT2D eigenvalue weighted by Crippen LogP contribution is -2.34. The van der Waals surface area contributed by atoms with E-state index in [2.05, 4.69) is 0 Å². The largest absolute Gasteiger partial charge is 0.504 e. The van der Waals surface area contributed by atoms with Gasteiger partial charge in [0.25, 0.3) is 0 Å². The SMILES string of the molecule is O=C(c1ccccc1B(O)O)c1cc(F)cc(F)c1O. The average Bonchev–Trinajstić information content (AvgIpc) is 2.42. The molecule has 0 radical (unpaired) electrons. The zero-order valence-corrected chi connectivity index (χ0v) is 10.0. The molecule has 2 rings (SSSR count). The number of hydrogen-bond donors (Lipinski definition) is 3. The van der Waals surface area contributed by atoms with Crippen LogP contribution in [-0.2, 0) is 0 Å². The van der Waals surface area contributed by atoms with Gasteiger partial charge in [-0.1, -0.05) is 24.3 Å². The fourth-order valence-electron chi connectivity index (χ4n) is 1.81. The summed E-state index contributed by atoms with van der Waals surface area (Å²) < 4.78 is 26.4. The first-order valence-corrected chi connectivity index (χ1v) is 5.59. The second-order valence-corrected chi connectivity index (χ2v) is 4.07. The van der Waals surface area contributed by atoms with Gasteiger partial charge in [-0.25, -0.2) is 8.78 Å². The van der Waals surface area contributed by atoms with Crippen molar-refractivity contribution in [1.29, 1.82) is 0 Å². The third-order valence-electron chi connectivity index (χ3n) is 2.76. The number of phenolic OH excluding ortho intramolecular Hbond substituents is 1. The first-order chi connectivity index (χ1) is 9.41. The minimum atomic E-state index is -1.92. The van der Waals surface area contributed by atoms with Gasteiger partial charge in [-0.05, 0) is 11.5 Å². The number of ketones is 1. The summed E-state index contributed by atoms with van der Waals surface area (Å²) in [5, 5.41) is 27.8. The molecule has 0 aliphatic carbocycles. The van der Waals surface area contributed by atoms with Crippen molar-refractivity contribution in [2.24, 2.45) is 0 Å². The normalized spacial score (nSPS) is 10.4. The number of aromatic hydroxyl groups is 1. The summed E-state index contributed by atoms with van der Waals surface area (Å²) in [4.78, 5) is 12.2. The molecule has 0 spiro atoms. The van der Waals surface area contributed by atoms with Crippen molar-refractivity contribution in [3.05, 3.63) is 59.2 Å². The fraction of sp³-hybridized carbons (Fsp3) is 0. The molecule has 102 valence electrons. The first-order valence-electron chi connectivity index (χ1n) is 5.59.